The Balaban J connectivity index is 0.00000176. The molecule has 2 heterocycles. The molecule has 0 aliphatic carbocycles. The Morgan fingerprint density at radius 2 is 2.23 bits per heavy atom. The van der Waals surface area contributed by atoms with Crippen molar-refractivity contribution >= 4 is 18.3 Å². The van der Waals surface area contributed by atoms with Crippen molar-refractivity contribution in [3.8, 4) is 0 Å². The molecule has 1 aromatic rings. The topological polar surface area (TPSA) is 50.4 Å². The Kier molecular flexibility index (Phi) is 6.68. The largest absolute Gasteiger partial charge is 0.381 e. The van der Waals surface area contributed by atoms with E-state index in [1.807, 2.05) is 0 Å². The van der Waals surface area contributed by atoms with Gasteiger partial charge in [-0.25, -0.2) is 0 Å². The minimum atomic E-state index is 0. The number of benzene rings is 1. The molecule has 2 atom stereocenters. The summed E-state index contributed by atoms with van der Waals surface area (Å²) < 4.78 is 5.34. The third-order valence-electron chi connectivity index (χ3n) is 4.52. The smallest absolute Gasteiger partial charge is 0.220 e. The van der Waals surface area contributed by atoms with Crippen LogP contribution in [0.1, 0.15) is 36.4 Å². The van der Waals surface area contributed by atoms with Gasteiger partial charge >= 0.3 is 0 Å². The van der Waals surface area contributed by atoms with Crippen molar-refractivity contribution in [1.82, 2.24) is 10.6 Å². The number of nitrogens with one attached hydrogen (secondary N) is 2. The van der Waals surface area contributed by atoms with Gasteiger partial charge in [0.25, 0.3) is 0 Å². The van der Waals surface area contributed by atoms with Crippen LogP contribution >= 0.6 is 12.4 Å². The van der Waals surface area contributed by atoms with Gasteiger partial charge in [0, 0.05) is 32.2 Å². The van der Waals surface area contributed by atoms with E-state index in [0.29, 0.717) is 18.9 Å². The minimum absolute atomic E-state index is 0. The zero-order chi connectivity index (χ0) is 14.5. The highest BCUT2D eigenvalue weighted by Crippen LogP contribution is 2.22. The number of hydrogen-bond donors (Lipinski definition) is 2. The fourth-order valence-electron chi connectivity index (χ4n) is 3.23. The van der Waals surface area contributed by atoms with Gasteiger partial charge in [0.05, 0.1) is 0 Å². The van der Waals surface area contributed by atoms with Crippen molar-refractivity contribution in [2.24, 2.45) is 5.92 Å². The van der Waals surface area contributed by atoms with Gasteiger partial charge < -0.3 is 15.4 Å². The summed E-state index contributed by atoms with van der Waals surface area (Å²) in [5.41, 5.74) is 2.73. The van der Waals surface area contributed by atoms with E-state index in [-0.39, 0.29) is 24.4 Å². The van der Waals surface area contributed by atoms with Crippen molar-refractivity contribution < 1.29 is 9.53 Å². The first-order valence-corrected chi connectivity index (χ1v) is 7.98. The van der Waals surface area contributed by atoms with E-state index in [0.717, 1.165) is 39.0 Å². The second-order valence-corrected chi connectivity index (χ2v) is 6.03. The Bertz CT molecular complexity index is 489. The lowest BCUT2D eigenvalue weighted by Gasteiger charge is -2.27. The van der Waals surface area contributed by atoms with Crippen molar-refractivity contribution in [2.45, 2.75) is 31.7 Å². The highest BCUT2D eigenvalue weighted by molar-refractivity contribution is 5.85. The van der Waals surface area contributed by atoms with E-state index in [9.17, 15) is 4.79 Å². The third-order valence-corrected chi connectivity index (χ3v) is 4.52. The molecule has 2 aliphatic rings. The molecule has 1 aromatic carbocycles. The van der Waals surface area contributed by atoms with Crippen LogP contribution in [-0.2, 0) is 16.0 Å². The number of ether oxygens (including phenoxy) is 1. The standard InChI is InChI=1S/C17H24N2O2.ClH/c20-17(6-5-13-8-10-21-12-13)19-11-16-15-4-2-1-3-14(15)7-9-18-16;/h1-4,13,16,18H,5-12H2,(H,19,20);1H. The predicted octanol–water partition coefficient (Wildman–Crippen LogP) is 2.23. The first-order chi connectivity index (χ1) is 10.3. The Morgan fingerprint density at radius 3 is 3.05 bits per heavy atom. The van der Waals surface area contributed by atoms with Gasteiger partial charge in [-0.05, 0) is 42.9 Å². The van der Waals surface area contributed by atoms with E-state index >= 15 is 0 Å². The third kappa shape index (κ3) is 4.45. The first-order valence-electron chi connectivity index (χ1n) is 7.98. The molecule has 1 amide bonds. The molecule has 2 aliphatic heterocycles. The molecule has 0 saturated carbocycles. The molecule has 0 aromatic heterocycles. The van der Waals surface area contributed by atoms with E-state index in [4.69, 9.17) is 4.74 Å². The average molecular weight is 325 g/mol. The van der Waals surface area contributed by atoms with Gasteiger partial charge in [-0.15, -0.1) is 12.4 Å². The Hall–Kier alpha value is -1.10. The second-order valence-electron chi connectivity index (χ2n) is 6.03. The second kappa shape index (κ2) is 8.51. The molecule has 2 N–H and O–H groups in total. The lowest BCUT2D eigenvalue weighted by atomic mass is 9.94. The highest BCUT2D eigenvalue weighted by atomic mass is 35.5. The van der Waals surface area contributed by atoms with E-state index in [1.165, 1.54) is 11.1 Å². The normalized spacial score (nSPS) is 23.5. The molecular weight excluding hydrogens is 300 g/mol. The monoisotopic (exact) mass is 324 g/mol. The zero-order valence-corrected chi connectivity index (χ0v) is 13.7. The van der Waals surface area contributed by atoms with Crippen LogP contribution in [0.2, 0.25) is 0 Å². The van der Waals surface area contributed by atoms with Gasteiger partial charge in [0.1, 0.15) is 0 Å². The molecule has 1 saturated heterocycles. The summed E-state index contributed by atoms with van der Waals surface area (Å²) in [4.78, 5) is 12.0. The summed E-state index contributed by atoms with van der Waals surface area (Å²) in [5.74, 6) is 0.732. The zero-order valence-electron chi connectivity index (χ0n) is 12.8. The van der Waals surface area contributed by atoms with E-state index < -0.39 is 0 Å². The number of halogens is 1. The molecule has 22 heavy (non-hydrogen) atoms. The van der Waals surface area contributed by atoms with Gasteiger partial charge in [0.15, 0.2) is 0 Å². The van der Waals surface area contributed by atoms with Crippen molar-refractivity contribution in [2.75, 3.05) is 26.3 Å². The molecule has 0 radical (unpaired) electrons. The first kappa shape index (κ1) is 17.3. The van der Waals surface area contributed by atoms with Gasteiger partial charge in [-0.1, -0.05) is 24.3 Å². The Labute approximate surface area is 138 Å². The average Bonchev–Trinajstić information content (AvgIpc) is 3.04. The number of fused-ring (bicyclic) bond motifs is 1. The quantitative estimate of drug-likeness (QED) is 0.873. The summed E-state index contributed by atoms with van der Waals surface area (Å²) in [6.07, 6.45) is 3.73. The summed E-state index contributed by atoms with van der Waals surface area (Å²) in [7, 11) is 0. The highest BCUT2D eigenvalue weighted by Gasteiger charge is 2.20. The minimum Gasteiger partial charge on any atom is -0.381 e. The number of carbonyl (C=O) groups is 1. The van der Waals surface area contributed by atoms with Gasteiger partial charge in [-0.3, -0.25) is 4.79 Å². The van der Waals surface area contributed by atoms with Gasteiger partial charge in [-0.2, -0.15) is 0 Å². The molecule has 2 unspecified atom stereocenters. The summed E-state index contributed by atoms with van der Waals surface area (Å²) in [6, 6.07) is 8.75. The lowest BCUT2D eigenvalue weighted by molar-refractivity contribution is -0.121. The van der Waals surface area contributed by atoms with E-state index in [1.54, 1.807) is 0 Å². The van der Waals surface area contributed by atoms with Crippen LogP contribution in [0.5, 0.6) is 0 Å². The van der Waals surface area contributed by atoms with Crippen molar-refractivity contribution in [3.05, 3.63) is 35.4 Å². The maximum atomic E-state index is 12.0. The van der Waals surface area contributed by atoms with Crippen LogP contribution in [0, 0.1) is 5.92 Å². The van der Waals surface area contributed by atoms with Crippen LogP contribution in [0.15, 0.2) is 24.3 Å². The molecule has 0 spiro atoms. The molecule has 5 heteroatoms. The SMILES string of the molecule is Cl.O=C(CCC1CCOC1)NCC1NCCc2ccccc21. The summed E-state index contributed by atoms with van der Waals surface area (Å²) >= 11 is 0. The van der Waals surface area contributed by atoms with Crippen molar-refractivity contribution in [1.29, 1.82) is 0 Å². The van der Waals surface area contributed by atoms with E-state index in [2.05, 4.69) is 34.9 Å². The molecule has 4 nitrogen and oxygen atoms in total. The number of hydrogen-bond acceptors (Lipinski definition) is 3. The van der Waals surface area contributed by atoms with Crippen LogP contribution in [0.4, 0.5) is 0 Å². The predicted molar refractivity (Wildman–Crippen MR) is 89.3 cm³/mol. The molecule has 122 valence electrons. The maximum absolute atomic E-state index is 12.0. The maximum Gasteiger partial charge on any atom is 0.220 e. The molecule has 0 bridgehead atoms. The van der Waals surface area contributed by atoms with Crippen LogP contribution in [-0.4, -0.2) is 32.2 Å². The number of rotatable bonds is 5. The van der Waals surface area contributed by atoms with Gasteiger partial charge in [0.2, 0.25) is 5.91 Å². The summed E-state index contributed by atoms with van der Waals surface area (Å²) in [6.45, 7) is 3.34. The van der Waals surface area contributed by atoms with Crippen LogP contribution in [0.25, 0.3) is 0 Å². The fourth-order valence-corrected chi connectivity index (χ4v) is 3.23. The van der Waals surface area contributed by atoms with Crippen LogP contribution < -0.4 is 10.6 Å². The molecular formula is C17H25ClN2O2. The number of amides is 1. The van der Waals surface area contributed by atoms with Crippen molar-refractivity contribution in [3.63, 3.8) is 0 Å². The summed E-state index contributed by atoms with van der Waals surface area (Å²) in [5, 5.41) is 6.57. The number of carbonyl (C=O) groups excluding carboxylic acids is 1. The van der Waals surface area contributed by atoms with Crippen LogP contribution in [0.3, 0.4) is 0 Å². The lowest BCUT2D eigenvalue weighted by Crippen LogP contribution is -2.38. The Morgan fingerprint density at radius 1 is 1.36 bits per heavy atom. The molecule has 1 fully saturated rings. The molecule has 3 rings (SSSR count). The fraction of sp³-hybridized carbons (Fsp3) is 0.588.